The normalized spacial score (nSPS) is 24.2. The number of carbonyl (C=O) groups is 1. The number of aromatic amines is 1. The van der Waals surface area contributed by atoms with Crippen LogP contribution < -0.4 is 0 Å². The van der Waals surface area contributed by atoms with Crippen molar-refractivity contribution >= 4 is 5.91 Å². The first-order chi connectivity index (χ1) is 11.1. The molecule has 1 aromatic carbocycles. The van der Waals surface area contributed by atoms with Crippen LogP contribution in [0.15, 0.2) is 30.3 Å². The number of aliphatic hydroxyl groups is 1. The van der Waals surface area contributed by atoms with Gasteiger partial charge in [0.15, 0.2) is 0 Å². The maximum absolute atomic E-state index is 13.5. The Morgan fingerprint density at radius 3 is 2.91 bits per heavy atom. The van der Waals surface area contributed by atoms with Crippen LogP contribution in [0.1, 0.15) is 53.0 Å². The van der Waals surface area contributed by atoms with Crippen LogP contribution in [0.2, 0.25) is 0 Å². The molecule has 2 N–H and O–H groups in total. The standard InChI is InChI=1S/C17H18FN3O2/c18-12-3-1-2-11(6-12)16-7-13(22)9-21(16)17(23)15-8-14(19-20-15)10-4-5-10/h1-3,6,8,10,13,16,22H,4-5,7,9H2,(H,19,20). The zero-order valence-corrected chi connectivity index (χ0v) is 12.6. The number of β-amino-alcohol motifs (C(OH)–C–C–N with tert-alkyl or cyclic N) is 1. The highest BCUT2D eigenvalue weighted by Crippen LogP contribution is 2.39. The molecule has 6 heteroatoms. The van der Waals surface area contributed by atoms with Crippen molar-refractivity contribution in [1.82, 2.24) is 15.1 Å². The largest absolute Gasteiger partial charge is 0.391 e. The lowest BCUT2D eigenvalue weighted by atomic mass is 10.0. The number of hydrogen-bond donors (Lipinski definition) is 2. The van der Waals surface area contributed by atoms with Gasteiger partial charge in [-0.1, -0.05) is 12.1 Å². The molecule has 2 unspecified atom stereocenters. The van der Waals surface area contributed by atoms with Gasteiger partial charge in [0.25, 0.3) is 5.91 Å². The van der Waals surface area contributed by atoms with Gasteiger partial charge in [-0.3, -0.25) is 9.89 Å². The maximum Gasteiger partial charge on any atom is 0.274 e. The fourth-order valence-electron chi connectivity index (χ4n) is 3.26. The number of carbonyl (C=O) groups excluding carboxylic acids is 1. The quantitative estimate of drug-likeness (QED) is 0.913. The van der Waals surface area contributed by atoms with Crippen LogP contribution in [0.3, 0.4) is 0 Å². The second kappa shape index (κ2) is 5.45. The van der Waals surface area contributed by atoms with Gasteiger partial charge in [0.05, 0.1) is 12.1 Å². The number of nitrogens with zero attached hydrogens (tertiary/aromatic N) is 2. The van der Waals surface area contributed by atoms with Crippen LogP contribution in [-0.4, -0.2) is 38.8 Å². The van der Waals surface area contributed by atoms with Gasteiger partial charge in [0, 0.05) is 18.2 Å². The summed E-state index contributed by atoms with van der Waals surface area (Å²) in [5, 5.41) is 17.0. The number of aliphatic hydroxyl groups excluding tert-OH is 1. The van der Waals surface area contributed by atoms with Crippen molar-refractivity contribution in [3.8, 4) is 0 Å². The average Bonchev–Trinajstić information content (AvgIpc) is 3.13. The van der Waals surface area contributed by atoms with Crippen LogP contribution in [0, 0.1) is 5.82 Å². The van der Waals surface area contributed by atoms with Gasteiger partial charge in [0.1, 0.15) is 11.5 Å². The first-order valence-electron chi connectivity index (χ1n) is 7.91. The van der Waals surface area contributed by atoms with E-state index in [9.17, 15) is 14.3 Å². The molecule has 5 nitrogen and oxygen atoms in total. The van der Waals surface area contributed by atoms with E-state index in [-0.39, 0.29) is 24.3 Å². The highest BCUT2D eigenvalue weighted by molar-refractivity contribution is 5.93. The Hall–Kier alpha value is -2.21. The third kappa shape index (κ3) is 2.74. The summed E-state index contributed by atoms with van der Waals surface area (Å²) < 4.78 is 13.5. The molecular weight excluding hydrogens is 297 g/mol. The Kier molecular flexibility index (Phi) is 3.41. The lowest BCUT2D eigenvalue weighted by molar-refractivity contribution is 0.0709. The van der Waals surface area contributed by atoms with Crippen LogP contribution >= 0.6 is 0 Å². The monoisotopic (exact) mass is 315 g/mol. The molecule has 2 aliphatic rings. The van der Waals surface area contributed by atoms with Gasteiger partial charge < -0.3 is 10.0 Å². The minimum Gasteiger partial charge on any atom is -0.391 e. The van der Waals surface area contributed by atoms with Crippen molar-refractivity contribution in [3.05, 3.63) is 53.1 Å². The summed E-state index contributed by atoms with van der Waals surface area (Å²) in [6.07, 6.45) is 2.07. The van der Waals surface area contributed by atoms with E-state index in [0.717, 1.165) is 18.5 Å². The highest BCUT2D eigenvalue weighted by Gasteiger charge is 2.37. The molecule has 0 spiro atoms. The Morgan fingerprint density at radius 1 is 1.35 bits per heavy atom. The summed E-state index contributed by atoms with van der Waals surface area (Å²) in [7, 11) is 0. The number of H-pyrrole nitrogens is 1. The van der Waals surface area contributed by atoms with Crippen LogP contribution in [0.25, 0.3) is 0 Å². The van der Waals surface area contributed by atoms with E-state index in [1.54, 1.807) is 23.1 Å². The summed E-state index contributed by atoms with van der Waals surface area (Å²) in [5.41, 5.74) is 2.06. The SMILES string of the molecule is O=C(c1cc(C2CC2)[nH]n1)N1CC(O)CC1c1cccc(F)c1. The van der Waals surface area contributed by atoms with Crippen molar-refractivity contribution in [1.29, 1.82) is 0 Å². The smallest absolute Gasteiger partial charge is 0.274 e. The summed E-state index contributed by atoms with van der Waals surface area (Å²) in [4.78, 5) is 14.3. The minimum absolute atomic E-state index is 0.223. The molecule has 2 aromatic rings. The van der Waals surface area contributed by atoms with E-state index in [4.69, 9.17) is 0 Å². The van der Waals surface area contributed by atoms with Crippen molar-refractivity contribution in [2.45, 2.75) is 37.3 Å². The third-order valence-electron chi connectivity index (χ3n) is 4.61. The van der Waals surface area contributed by atoms with Crippen LogP contribution in [0.5, 0.6) is 0 Å². The van der Waals surface area contributed by atoms with Gasteiger partial charge in [0.2, 0.25) is 0 Å². The Labute approximate surface area is 133 Å². The lowest BCUT2D eigenvalue weighted by Gasteiger charge is -2.24. The number of hydrogen-bond acceptors (Lipinski definition) is 3. The second-order valence-electron chi connectivity index (χ2n) is 6.40. The van der Waals surface area contributed by atoms with Crippen molar-refractivity contribution in [3.63, 3.8) is 0 Å². The molecule has 2 heterocycles. The highest BCUT2D eigenvalue weighted by atomic mass is 19.1. The molecular formula is C17H18FN3O2. The van der Waals surface area contributed by atoms with E-state index in [0.29, 0.717) is 23.6 Å². The second-order valence-corrected chi connectivity index (χ2v) is 6.40. The van der Waals surface area contributed by atoms with E-state index in [1.165, 1.54) is 12.1 Å². The summed E-state index contributed by atoms with van der Waals surface area (Å²) >= 11 is 0. The van der Waals surface area contributed by atoms with E-state index in [1.807, 2.05) is 0 Å². The fourth-order valence-corrected chi connectivity index (χ4v) is 3.26. The van der Waals surface area contributed by atoms with Gasteiger partial charge in [-0.2, -0.15) is 5.10 Å². The zero-order valence-electron chi connectivity index (χ0n) is 12.6. The Bertz CT molecular complexity index is 741. The van der Waals surface area contributed by atoms with E-state index in [2.05, 4.69) is 10.2 Å². The number of amides is 1. The van der Waals surface area contributed by atoms with Gasteiger partial charge in [-0.15, -0.1) is 0 Å². The molecule has 4 rings (SSSR count). The topological polar surface area (TPSA) is 69.2 Å². The molecule has 1 saturated carbocycles. The molecule has 2 atom stereocenters. The number of likely N-dealkylation sites (tertiary alicyclic amines) is 1. The third-order valence-corrected chi connectivity index (χ3v) is 4.61. The molecule has 1 aliphatic carbocycles. The Balaban J connectivity index is 1.60. The number of benzene rings is 1. The first-order valence-corrected chi connectivity index (χ1v) is 7.91. The summed E-state index contributed by atoms with van der Waals surface area (Å²) in [6, 6.07) is 7.67. The number of halogens is 1. The van der Waals surface area contributed by atoms with Gasteiger partial charge in [-0.05, 0) is 43.0 Å². The van der Waals surface area contributed by atoms with Crippen molar-refractivity contribution < 1.29 is 14.3 Å². The predicted molar refractivity (Wildman–Crippen MR) is 81.4 cm³/mol. The molecule has 0 radical (unpaired) electrons. The lowest BCUT2D eigenvalue weighted by Crippen LogP contribution is -2.32. The molecule has 0 bridgehead atoms. The van der Waals surface area contributed by atoms with Gasteiger partial charge in [-0.25, -0.2) is 4.39 Å². The minimum atomic E-state index is -0.603. The first kappa shape index (κ1) is 14.4. The van der Waals surface area contributed by atoms with Crippen molar-refractivity contribution in [2.24, 2.45) is 0 Å². The Morgan fingerprint density at radius 2 is 2.17 bits per heavy atom. The number of nitrogens with one attached hydrogen (secondary N) is 1. The number of aromatic nitrogens is 2. The van der Waals surface area contributed by atoms with Crippen molar-refractivity contribution in [2.75, 3.05) is 6.54 Å². The zero-order chi connectivity index (χ0) is 16.0. The predicted octanol–water partition coefficient (Wildman–Crippen LogP) is 2.37. The van der Waals surface area contributed by atoms with E-state index < -0.39 is 6.10 Å². The molecule has 120 valence electrons. The molecule has 1 saturated heterocycles. The van der Waals surface area contributed by atoms with Crippen LogP contribution in [-0.2, 0) is 0 Å². The summed E-state index contributed by atoms with van der Waals surface area (Å²) in [5.74, 6) is -0.0710. The van der Waals surface area contributed by atoms with Crippen LogP contribution in [0.4, 0.5) is 4.39 Å². The molecule has 23 heavy (non-hydrogen) atoms. The van der Waals surface area contributed by atoms with E-state index >= 15 is 0 Å². The van der Waals surface area contributed by atoms with Gasteiger partial charge >= 0.3 is 0 Å². The fraction of sp³-hybridized carbons (Fsp3) is 0.412. The molecule has 1 aliphatic heterocycles. The average molecular weight is 315 g/mol. The summed E-state index contributed by atoms with van der Waals surface area (Å²) in [6.45, 7) is 0.242. The molecule has 1 amide bonds. The number of rotatable bonds is 3. The maximum atomic E-state index is 13.5. The molecule has 2 fully saturated rings. The molecule has 1 aromatic heterocycles.